The normalized spacial score (nSPS) is 10.7. The predicted molar refractivity (Wildman–Crippen MR) is 118 cm³/mol. The lowest BCUT2D eigenvalue weighted by molar-refractivity contribution is 0.0735. The number of hydrogen-bond donors (Lipinski definition) is 0. The van der Waals surface area contributed by atoms with Crippen molar-refractivity contribution >= 4 is 5.97 Å². The van der Waals surface area contributed by atoms with Gasteiger partial charge in [-0.25, -0.2) is 14.8 Å². The van der Waals surface area contributed by atoms with Crippen LogP contribution in [0.3, 0.4) is 0 Å². The molecule has 0 unspecified atom stereocenters. The number of hydrogen-bond acceptors (Lipinski definition) is 5. The lowest BCUT2D eigenvalue weighted by Crippen LogP contribution is -2.10. The van der Waals surface area contributed by atoms with E-state index in [2.05, 4.69) is 21.9 Å². The first-order valence-electron chi connectivity index (χ1n) is 10.7. The van der Waals surface area contributed by atoms with Crippen molar-refractivity contribution < 1.29 is 9.53 Å². The van der Waals surface area contributed by atoms with Gasteiger partial charge in [-0.15, -0.1) is 0 Å². The highest BCUT2D eigenvalue weighted by Crippen LogP contribution is 2.27. The Kier molecular flexibility index (Phi) is 8.07. The Morgan fingerprint density at radius 1 is 0.867 bits per heavy atom. The molecule has 0 fully saturated rings. The van der Waals surface area contributed by atoms with Crippen molar-refractivity contribution in [2.45, 2.75) is 58.8 Å². The summed E-state index contributed by atoms with van der Waals surface area (Å²) in [7, 11) is 0. The maximum absolute atomic E-state index is 12.5. The number of rotatable bonds is 10. The van der Waals surface area contributed by atoms with Crippen LogP contribution < -0.4 is 4.74 Å². The van der Waals surface area contributed by atoms with E-state index >= 15 is 0 Å². The molecular formula is C25H29N3O2. The lowest BCUT2D eigenvalue weighted by atomic mass is 10.1. The van der Waals surface area contributed by atoms with Crippen molar-refractivity contribution in [3.63, 3.8) is 0 Å². The number of carbonyl (C=O) groups excluding carboxylic acids is 1. The highest BCUT2D eigenvalue weighted by Gasteiger charge is 2.14. The zero-order chi connectivity index (χ0) is 21.2. The molecule has 1 aromatic carbocycles. The molecule has 0 aliphatic rings. The largest absolute Gasteiger partial charge is 0.422 e. The molecule has 0 saturated heterocycles. The topological polar surface area (TPSA) is 65.0 Å². The van der Waals surface area contributed by atoms with E-state index in [4.69, 9.17) is 4.74 Å². The van der Waals surface area contributed by atoms with Gasteiger partial charge in [0.05, 0.1) is 11.1 Å². The van der Waals surface area contributed by atoms with Crippen molar-refractivity contribution in [1.29, 1.82) is 0 Å². The molecule has 0 radical (unpaired) electrons. The molecule has 2 aromatic heterocycles. The monoisotopic (exact) mass is 403 g/mol. The van der Waals surface area contributed by atoms with E-state index in [9.17, 15) is 4.79 Å². The summed E-state index contributed by atoms with van der Waals surface area (Å²) in [4.78, 5) is 25.7. The zero-order valence-corrected chi connectivity index (χ0v) is 17.8. The molecule has 5 nitrogen and oxygen atoms in total. The Bertz CT molecular complexity index is 937. The summed E-state index contributed by atoms with van der Waals surface area (Å²) in [6, 6.07) is 10.8. The average Bonchev–Trinajstić information content (AvgIpc) is 2.77. The van der Waals surface area contributed by atoms with Crippen molar-refractivity contribution in [1.82, 2.24) is 15.0 Å². The number of carbonyl (C=O) groups is 1. The Morgan fingerprint density at radius 3 is 2.33 bits per heavy atom. The van der Waals surface area contributed by atoms with Crippen LogP contribution in [0.5, 0.6) is 5.75 Å². The number of nitrogens with zero attached hydrogens (tertiary/aromatic N) is 3. The Hall–Kier alpha value is -3.08. The van der Waals surface area contributed by atoms with Crippen molar-refractivity contribution in [3.05, 3.63) is 71.8 Å². The molecule has 0 saturated carbocycles. The smallest absolute Gasteiger partial charge is 0.345 e. The molecule has 0 aliphatic carbocycles. The number of unbranched alkanes of at least 4 members (excludes halogenated alkanes) is 5. The third kappa shape index (κ3) is 6.21. The van der Waals surface area contributed by atoms with Crippen molar-refractivity contribution in [2.24, 2.45) is 0 Å². The highest BCUT2D eigenvalue weighted by molar-refractivity contribution is 5.91. The second-order valence-corrected chi connectivity index (χ2v) is 7.51. The summed E-state index contributed by atoms with van der Waals surface area (Å²) in [5, 5.41) is 0. The fourth-order valence-corrected chi connectivity index (χ4v) is 3.22. The van der Waals surface area contributed by atoms with Crippen LogP contribution in [0, 0.1) is 6.92 Å². The van der Waals surface area contributed by atoms with Crippen LogP contribution in [0.15, 0.2) is 55.0 Å². The van der Waals surface area contributed by atoms with Gasteiger partial charge in [-0.1, -0.05) is 51.2 Å². The Balaban J connectivity index is 1.63. The SMILES string of the molecule is CCCCCCCCc1cnc(-c2ccccc2OC(=O)c2ccc(C)nc2)nc1. The first-order valence-corrected chi connectivity index (χ1v) is 10.7. The molecular weight excluding hydrogens is 374 g/mol. The Labute approximate surface area is 178 Å². The van der Waals surface area contributed by atoms with Gasteiger partial charge in [-0.2, -0.15) is 0 Å². The molecule has 0 bridgehead atoms. The van der Waals surface area contributed by atoms with E-state index in [-0.39, 0.29) is 0 Å². The second-order valence-electron chi connectivity index (χ2n) is 7.51. The summed E-state index contributed by atoms with van der Waals surface area (Å²) in [5.74, 6) is 0.536. The van der Waals surface area contributed by atoms with E-state index in [1.54, 1.807) is 18.2 Å². The quantitative estimate of drug-likeness (QED) is 0.237. The molecule has 5 heteroatoms. The number of para-hydroxylation sites is 1. The summed E-state index contributed by atoms with van der Waals surface area (Å²) in [6.07, 6.45) is 13.9. The Morgan fingerprint density at radius 2 is 1.60 bits per heavy atom. The van der Waals surface area contributed by atoms with E-state index < -0.39 is 5.97 Å². The third-order valence-corrected chi connectivity index (χ3v) is 5.00. The minimum atomic E-state index is -0.449. The van der Waals surface area contributed by atoms with Gasteiger partial charge in [-0.05, 0) is 49.6 Å². The van der Waals surface area contributed by atoms with Gasteiger partial charge in [-0.3, -0.25) is 4.98 Å². The van der Waals surface area contributed by atoms with Crippen molar-refractivity contribution in [3.8, 4) is 17.1 Å². The summed E-state index contributed by atoms with van der Waals surface area (Å²) in [6.45, 7) is 4.11. The van der Waals surface area contributed by atoms with Crippen LogP contribution in [0.2, 0.25) is 0 Å². The average molecular weight is 404 g/mol. The van der Waals surface area contributed by atoms with Crippen LogP contribution in [-0.4, -0.2) is 20.9 Å². The van der Waals surface area contributed by atoms with Crippen LogP contribution in [0.1, 0.15) is 67.1 Å². The molecule has 0 amide bonds. The minimum Gasteiger partial charge on any atom is -0.422 e. The summed E-state index contributed by atoms with van der Waals surface area (Å²) in [5.41, 5.74) is 3.08. The molecule has 0 spiro atoms. The van der Waals surface area contributed by atoms with Gasteiger partial charge in [0, 0.05) is 24.3 Å². The number of pyridine rings is 1. The maximum Gasteiger partial charge on any atom is 0.345 e. The molecule has 2 heterocycles. The molecule has 3 rings (SSSR count). The number of ether oxygens (including phenoxy) is 1. The van der Waals surface area contributed by atoms with Gasteiger partial charge >= 0.3 is 5.97 Å². The van der Waals surface area contributed by atoms with Crippen molar-refractivity contribution in [2.75, 3.05) is 0 Å². The number of aromatic nitrogens is 3. The highest BCUT2D eigenvalue weighted by atomic mass is 16.5. The number of esters is 1. The lowest BCUT2D eigenvalue weighted by Gasteiger charge is -2.09. The molecule has 156 valence electrons. The first-order chi connectivity index (χ1) is 14.7. The predicted octanol–water partition coefficient (Wildman–Crippen LogP) is 5.97. The van der Waals surface area contributed by atoms with Crippen LogP contribution in [0.25, 0.3) is 11.4 Å². The van der Waals surface area contributed by atoms with Crippen LogP contribution in [-0.2, 0) is 6.42 Å². The molecule has 0 atom stereocenters. The number of benzene rings is 1. The fraction of sp³-hybridized carbons (Fsp3) is 0.360. The second kappa shape index (κ2) is 11.2. The summed E-state index contributed by atoms with van der Waals surface area (Å²) >= 11 is 0. The van der Waals surface area contributed by atoms with Crippen LogP contribution >= 0.6 is 0 Å². The molecule has 3 aromatic rings. The molecule has 0 aliphatic heterocycles. The maximum atomic E-state index is 12.5. The van der Waals surface area contributed by atoms with Gasteiger partial charge < -0.3 is 4.74 Å². The zero-order valence-electron chi connectivity index (χ0n) is 17.8. The summed E-state index contributed by atoms with van der Waals surface area (Å²) < 4.78 is 5.61. The fourth-order valence-electron chi connectivity index (χ4n) is 3.22. The third-order valence-electron chi connectivity index (χ3n) is 5.00. The van der Waals surface area contributed by atoms with Gasteiger partial charge in [0.2, 0.25) is 0 Å². The number of aryl methyl sites for hydroxylation is 2. The van der Waals surface area contributed by atoms with Gasteiger partial charge in [0.15, 0.2) is 5.82 Å². The minimum absolute atomic E-state index is 0.408. The van der Waals surface area contributed by atoms with E-state index in [0.29, 0.717) is 22.7 Å². The van der Waals surface area contributed by atoms with Gasteiger partial charge in [0.25, 0.3) is 0 Å². The van der Waals surface area contributed by atoms with E-state index in [1.165, 1.54) is 38.3 Å². The molecule has 0 N–H and O–H groups in total. The first kappa shape index (κ1) is 21.6. The molecule has 30 heavy (non-hydrogen) atoms. The van der Waals surface area contributed by atoms with E-state index in [0.717, 1.165) is 24.1 Å². The van der Waals surface area contributed by atoms with Crippen LogP contribution in [0.4, 0.5) is 0 Å². The standard InChI is InChI=1S/C25H29N3O2/c1-3-4-5-6-7-8-11-20-16-27-24(28-17-20)22-12-9-10-13-23(22)30-25(29)21-15-14-19(2)26-18-21/h9-10,12-18H,3-8,11H2,1-2H3. The van der Waals surface area contributed by atoms with E-state index in [1.807, 2.05) is 37.5 Å². The van der Waals surface area contributed by atoms with Gasteiger partial charge in [0.1, 0.15) is 5.75 Å².